The number of nitrogens with one attached hydrogen (secondary N) is 1. The van der Waals surface area contributed by atoms with E-state index in [0.717, 1.165) is 24.8 Å². The van der Waals surface area contributed by atoms with Crippen molar-refractivity contribution in [2.75, 3.05) is 21.3 Å². The second kappa shape index (κ2) is 13.5. The van der Waals surface area contributed by atoms with Crippen LogP contribution in [0.15, 0.2) is 24.3 Å². The lowest BCUT2D eigenvalue weighted by Gasteiger charge is -2.17. The minimum atomic E-state index is -3.17. The van der Waals surface area contributed by atoms with E-state index in [0.29, 0.717) is 12.0 Å². The monoisotopic (exact) mass is 427 g/mol. The van der Waals surface area contributed by atoms with Crippen LogP contribution in [0.5, 0.6) is 0 Å². The van der Waals surface area contributed by atoms with Crippen molar-refractivity contribution in [2.24, 2.45) is 0 Å². The van der Waals surface area contributed by atoms with Crippen LogP contribution in [0.3, 0.4) is 0 Å². The molecule has 1 aromatic carbocycles. The van der Waals surface area contributed by atoms with E-state index < -0.39 is 19.6 Å². The molecule has 0 aromatic heterocycles. The van der Waals surface area contributed by atoms with Crippen LogP contribution in [0, 0.1) is 0 Å². The highest BCUT2D eigenvalue weighted by Crippen LogP contribution is 2.49. The van der Waals surface area contributed by atoms with Gasteiger partial charge in [-0.2, -0.15) is 0 Å². The second-order valence-electron chi connectivity index (χ2n) is 6.94. The summed E-state index contributed by atoms with van der Waals surface area (Å²) in [5, 5.41) is 2.76. The number of carbonyl (C=O) groups excluding carboxylic acids is 2. The number of hydrogen-bond donors (Lipinski definition) is 1. The molecule has 0 heterocycles. The molecule has 0 spiro atoms. The van der Waals surface area contributed by atoms with Gasteiger partial charge < -0.3 is 19.1 Å². The minimum absolute atomic E-state index is 0.116. The molecule has 29 heavy (non-hydrogen) atoms. The SMILES string of the molecule is CCCCCCCC[C@@H](NC(=O)c1ccc(CP(=O)(OC)OC)cc1)C(=O)OC. The number of hydrogen-bond acceptors (Lipinski definition) is 6. The van der Waals surface area contributed by atoms with E-state index in [-0.39, 0.29) is 12.1 Å². The van der Waals surface area contributed by atoms with Crippen molar-refractivity contribution in [1.29, 1.82) is 0 Å². The van der Waals surface area contributed by atoms with Gasteiger partial charge in [0.1, 0.15) is 6.04 Å². The number of carbonyl (C=O) groups is 2. The van der Waals surface area contributed by atoms with Gasteiger partial charge in [-0.3, -0.25) is 9.36 Å². The van der Waals surface area contributed by atoms with Crippen molar-refractivity contribution in [3.63, 3.8) is 0 Å². The van der Waals surface area contributed by atoms with Gasteiger partial charge in [0.25, 0.3) is 5.91 Å². The van der Waals surface area contributed by atoms with Gasteiger partial charge in [0, 0.05) is 19.8 Å². The summed E-state index contributed by atoms with van der Waals surface area (Å²) in [7, 11) is 0.827. The van der Waals surface area contributed by atoms with Crippen LogP contribution >= 0.6 is 7.60 Å². The third kappa shape index (κ3) is 9.11. The fourth-order valence-corrected chi connectivity index (χ4v) is 4.02. The minimum Gasteiger partial charge on any atom is -0.467 e. The van der Waals surface area contributed by atoms with Gasteiger partial charge in [-0.25, -0.2) is 4.79 Å². The zero-order valence-corrected chi connectivity index (χ0v) is 18.8. The van der Waals surface area contributed by atoms with Gasteiger partial charge in [0.2, 0.25) is 0 Å². The van der Waals surface area contributed by atoms with E-state index in [1.165, 1.54) is 40.6 Å². The molecular formula is C21H34NO6P. The topological polar surface area (TPSA) is 90.9 Å². The van der Waals surface area contributed by atoms with Crippen LogP contribution in [-0.2, 0) is 29.3 Å². The average molecular weight is 427 g/mol. The molecule has 0 aliphatic rings. The number of benzene rings is 1. The largest absolute Gasteiger partial charge is 0.467 e. The molecule has 1 aromatic rings. The molecule has 0 aliphatic carbocycles. The highest BCUT2D eigenvalue weighted by Gasteiger charge is 2.23. The van der Waals surface area contributed by atoms with Gasteiger partial charge >= 0.3 is 13.6 Å². The quantitative estimate of drug-likeness (QED) is 0.263. The van der Waals surface area contributed by atoms with Crippen molar-refractivity contribution in [3.8, 4) is 0 Å². The Balaban J connectivity index is 2.64. The summed E-state index contributed by atoms with van der Waals surface area (Å²) in [6.07, 6.45) is 7.27. The van der Waals surface area contributed by atoms with E-state index in [9.17, 15) is 14.2 Å². The molecule has 0 bridgehead atoms. The maximum absolute atomic E-state index is 12.5. The molecule has 1 amide bonds. The molecular weight excluding hydrogens is 393 g/mol. The highest BCUT2D eigenvalue weighted by atomic mass is 31.2. The Bertz CT molecular complexity index is 668. The van der Waals surface area contributed by atoms with Gasteiger partial charge in [0.15, 0.2) is 0 Å². The van der Waals surface area contributed by atoms with Crippen molar-refractivity contribution in [2.45, 2.75) is 64.1 Å². The summed E-state index contributed by atoms with van der Waals surface area (Å²) in [5.41, 5.74) is 1.14. The fraction of sp³-hybridized carbons (Fsp3) is 0.619. The van der Waals surface area contributed by atoms with Crippen LogP contribution < -0.4 is 5.32 Å². The first-order chi connectivity index (χ1) is 13.9. The summed E-state index contributed by atoms with van der Waals surface area (Å²) >= 11 is 0. The maximum atomic E-state index is 12.5. The molecule has 0 radical (unpaired) electrons. The molecule has 0 saturated carbocycles. The summed E-state index contributed by atoms with van der Waals surface area (Å²) < 4.78 is 26.9. The number of methoxy groups -OCH3 is 1. The van der Waals surface area contributed by atoms with Crippen molar-refractivity contribution >= 4 is 19.5 Å². The number of amides is 1. The van der Waals surface area contributed by atoms with Gasteiger partial charge in [-0.1, -0.05) is 57.6 Å². The van der Waals surface area contributed by atoms with Crippen molar-refractivity contribution < 1.29 is 27.9 Å². The zero-order valence-electron chi connectivity index (χ0n) is 17.9. The number of unbranched alkanes of at least 4 members (excludes halogenated alkanes) is 5. The van der Waals surface area contributed by atoms with Crippen LogP contribution in [0.2, 0.25) is 0 Å². The molecule has 0 fully saturated rings. The molecule has 8 heteroatoms. The lowest BCUT2D eigenvalue weighted by Crippen LogP contribution is -2.41. The lowest BCUT2D eigenvalue weighted by atomic mass is 10.0. The lowest BCUT2D eigenvalue weighted by molar-refractivity contribution is -0.143. The highest BCUT2D eigenvalue weighted by molar-refractivity contribution is 7.52. The van der Waals surface area contributed by atoms with Gasteiger partial charge in [-0.05, 0) is 24.1 Å². The molecule has 1 rings (SSSR count). The second-order valence-corrected chi connectivity index (χ2v) is 9.21. The Morgan fingerprint density at radius 3 is 2.10 bits per heavy atom. The molecule has 0 aliphatic heterocycles. The molecule has 0 saturated heterocycles. The first kappa shape index (κ1) is 25.3. The van der Waals surface area contributed by atoms with Crippen molar-refractivity contribution in [3.05, 3.63) is 35.4 Å². The molecule has 1 N–H and O–H groups in total. The van der Waals surface area contributed by atoms with E-state index in [4.69, 9.17) is 13.8 Å². The molecule has 7 nitrogen and oxygen atoms in total. The average Bonchev–Trinajstić information content (AvgIpc) is 2.74. The fourth-order valence-electron chi connectivity index (χ4n) is 2.95. The summed E-state index contributed by atoms with van der Waals surface area (Å²) in [5.74, 6) is -0.788. The molecule has 0 unspecified atom stereocenters. The van der Waals surface area contributed by atoms with Crippen LogP contribution in [0.1, 0.15) is 67.8 Å². The Morgan fingerprint density at radius 1 is 0.966 bits per heavy atom. The van der Waals surface area contributed by atoms with E-state index in [1.54, 1.807) is 24.3 Å². The molecule has 1 atom stereocenters. The van der Waals surface area contributed by atoms with Crippen LogP contribution in [-0.4, -0.2) is 39.2 Å². The van der Waals surface area contributed by atoms with E-state index in [2.05, 4.69) is 12.2 Å². The Kier molecular flexibility index (Phi) is 11.8. The summed E-state index contributed by atoms with van der Waals surface area (Å²) in [6, 6.07) is 5.97. The summed E-state index contributed by atoms with van der Waals surface area (Å²) in [4.78, 5) is 24.6. The van der Waals surface area contributed by atoms with E-state index in [1.807, 2.05) is 0 Å². The number of esters is 1. The third-order valence-electron chi connectivity index (χ3n) is 4.79. The Hall–Kier alpha value is -1.69. The Morgan fingerprint density at radius 2 is 1.55 bits per heavy atom. The molecule has 164 valence electrons. The number of ether oxygens (including phenoxy) is 1. The normalized spacial score (nSPS) is 12.4. The van der Waals surface area contributed by atoms with E-state index >= 15 is 0 Å². The zero-order chi connectivity index (χ0) is 21.7. The maximum Gasteiger partial charge on any atom is 0.334 e. The van der Waals surface area contributed by atoms with Crippen molar-refractivity contribution in [1.82, 2.24) is 5.32 Å². The summed E-state index contributed by atoms with van der Waals surface area (Å²) in [6.45, 7) is 2.17. The third-order valence-corrected chi connectivity index (χ3v) is 6.65. The van der Waals surface area contributed by atoms with Crippen LogP contribution in [0.4, 0.5) is 0 Å². The smallest absolute Gasteiger partial charge is 0.334 e. The van der Waals surface area contributed by atoms with Crippen LogP contribution in [0.25, 0.3) is 0 Å². The first-order valence-corrected chi connectivity index (χ1v) is 11.8. The number of rotatable bonds is 14. The Labute approximate surface area is 174 Å². The van der Waals surface area contributed by atoms with Gasteiger partial charge in [0.05, 0.1) is 13.3 Å². The predicted molar refractivity (Wildman–Crippen MR) is 113 cm³/mol. The first-order valence-electron chi connectivity index (χ1n) is 10.1. The standard InChI is InChI=1S/C21H34NO6P/c1-5-6-7-8-9-10-11-19(21(24)26-2)22-20(23)18-14-12-17(13-15-18)16-29(25,27-3)28-4/h12-15,19H,5-11,16H2,1-4H3,(H,22,23)/t19-/m1/s1. The van der Waals surface area contributed by atoms with Gasteiger partial charge in [-0.15, -0.1) is 0 Å². The predicted octanol–water partition coefficient (Wildman–Crippen LogP) is 4.69.